The molecule has 1 unspecified atom stereocenters. The van der Waals surface area contributed by atoms with Gasteiger partial charge in [0, 0.05) is 16.7 Å². The van der Waals surface area contributed by atoms with Gasteiger partial charge >= 0.3 is 0 Å². The topological polar surface area (TPSA) is 80.9 Å². The number of fused-ring (bicyclic) bond motifs is 1. The fraction of sp³-hybridized carbons (Fsp3) is 0.150. The van der Waals surface area contributed by atoms with Crippen LogP contribution in [-0.4, -0.2) is 21.9 Å². The van der Waals surface area contributed by atoms with Crippen molar-refractivity contribution in [2.45, 2.75) is 18.9 Å². The van der Waals surface area contributed by atoms with Crippen LogP contribution in [0.15, 0.2) is 42.5 Å². The van der Waals surface area contributed by atoms with Crippen LogP contribution in [0.25, 0.3) is 22.5 Å². The second-order valence-corrected chi connectivity index (χ2v) is 6.66. The van der Waals surface area contributed by atoms with Gasteiger partial charge in [-0.1, -0.05) is 30.3 Å². The number of carbonyl (C=O) groups is 1. The number of halogens is 4. The summed E-state index contributed by atoms with van der Waals surface area (Å²) in [6, 6.07) is 8.48. The lowest BCUT2D eigenvalue weighted by molar-refractivity contribution is -0.0417. The second-order valence-electron chi connectivity index (χ2n) is 6.66. The van der Waals surface area contributed by atoms with Crippen LogP contribution in [0.1, 0.15) is 22.8 Å². The Hall–Kier alpha value is -3.49. The van der Waals surface area contributed by atoms with E-state index in [0.717, 1.165) is 19.1 Å². The summed E-state index contributed by atoms with van der Waals surface area (Å²) in [5.74, 6) is -6.96. The monoisotopic (exact) mass is 402 g/mol. The number of anilines is 1. The van der Waals surface area contributed by atoms with Gasteiger partial charge in [0.15, 0.2) is 5.82 Å². The zero-order valence-electron chi connectivity index (χ0n) is 15.0. The van der Waals surface area contributed by atoms with Crippen LogP contribution in [0, 0.1) is 11.8 Å². The number of rotatable bonds is 2. The predicted octanol–water partition coefficient (Wildman–Crippen LogP) is 3.89. The molecule has 5 nitrogen and oxygen atoms in total. The molecular formula is C20H14F4N4O. The smallest absolute Gasteiger partial charge is 0.293 e. The van der Waals surface area contributed by atoms with E-state index >= 15 is 0 Å². The molecule has 3 aromatic rings. The Morgan fingerprint density at radius 1 is 1.03 bits per heavy atom. The Balaban J connectivity index is 1.94. The van der Waals surface area contributed by atoms with Crippen molar-refractivity contribution in [1.29, 1.82) is 0 Å². The average Bonchev–Trinajstić information content (AvgIpc) is 2.67. The van der Waals surface area contributed by atoms with Gasteiger partial charge in [-0.3, -0.25) is 4.79 Å². The van der Waals surface area contributed by atoms with Crippen LogP contribution in [-0.2, 0) is 5.92 Å². The Morgan fingerprint density at radius 2 is 1.72 bits per heavy atom. The summed E-state index contributed by atoms with van der Waals surface area (Å²) in [5, 5.41) is 2.04. The van der Waals surface area contributed by atoms with Crippen LogP contribution >= 0.6 is 0 Å². The van der Waals surface area contributed by atoms with Crippen molar-refractivity contribution in [2.24, 2.45) is 0 Å². The second kappa shape index (κ2) is 6.54. The number of carbonyl (C=O) groups excluding carboxylic acids is 1. The molecule has 1 aliphatic heterocycles. The number of nitrogen functional groups attached to an aromatic ring is 1. The largest absolute Gasteiger partial charge is 0.382 e. The first kappa shape index (κ1) is 18.9. The highest BCUT2D eigenvalue weighted by molar-refractivity contribution is 5.98. The Morgan fingerprint density at radius 3 is 2.41 bits per heavy atom. The number of nitrogens with one attached hydrogen (secondary N) is 1. The molecule has 29 heavy (non-hydrogen) atoms. The van der Waals surface area contributed by atoms with Crippen LogP contribution in [0.5, 0.6) is 0 Å². The van der Waals surface area contributed by atoms with E-state index in [1.165, 1.54) is 0 Å². The highest BCUT2D eigenvalue weighted by atomic mass is 19.3. The SMILES string of the molecule is CC1NC(=O)c2c(F)cc(-c3nc(-c4ccccc4)c(F)nc3N)cc2C1(F)F. The summed E-state index contributed by atoms with van der Waals surface area (Å²) in [4.78, 5) is 19.7. The number of nitrogens with zero attached hydrogens (tertiary/aromatic N) is 2. The van der Waals surface area contributed by atoms with Crippen LogP contribution in [0.2, 0.25) is 0 Å². The molecule has 0 saturated heterocycles. The minimum atomic E-state index is -3.52. The van der Waals surface area contributed by atoms with E-state index in [4.69, 9.17) is 5.73 Å². The summed E-state index contributed by atoms with van der Waals surface area (Å²) in [6.45, 7) is 1.12. The third kappa shape index (κ3) is 2.98. The summed E-state index contributed by atoms with van der Waals surface area (Å²) in [6.07, 6.45) is 0. The van der Waals surface area contributed by atoms with Gasteiger partial charge in [0.05, 0.1) is 11.6 Å². The highest BCUT2D eigenvalue weighted by Crippen LogP contribution is 2.41. The summed E-state index contributed by atoms with van der Waals surface area (Å²) >= 11 is 0. The van der Waals surface area contributed by atoms with E-state index in [0.29, 0.717) is 5.56 Å². The fourth-order valence-corrected chi connectivity index (χ4v) is 3.25. The van der Waals surface area contributed by atoms with E-state index in [9.17, 15) is 22.4 Å². The quantitative estimate of drug-likeness (QED) is 0.638. The van der Waals surface area contributed by atoms with E-state index in [1.807, 2.05) is 5.32 Å². The van der Waals surface area contributed by atoms with Crippen LogP contribution in [0.3, 0.4) is 0 Å². The Kier molecular flexibility index (Phi) is 4.25. The van der Waals surface area contributed by atoms with E-state index in [2.05, 4.69) is 9.97 Å². The maximum absolute atomic E-state index is 14.6. The number of hydrogen-bond acceptors (Lipinski definition) is 4. The van der Waals surface area contributed by atoms with Crippen molar-refractivity contribution < 1.29 is 22.4 Å². The van der Waals surface area contributed by atoms with Gasteiger partial charge in [0.2, 0.25) is 5.95 Å². The molecular weight excluding hydrogens is 388 g/mol. The molecule has 0 bridgehead atoms. The Labute approximate surface area is 162 Å². The van der Waals surface area contributed by atoms with Gasteiger partial charge in [-0.25, -0.2) is 9.37 Å². The maximum Gasteiger partial charge on any atom is 0.293 e. The third-order valence-electron chi connectivity index (χ3n) is 4.77. The highest BCUT2D eigenvalue weighted by Gasteiger charge is 2.47. The van der Waals surface area contributed by atoms with Crippen LogP contribution in [0.4, 0.5) is 23.4 Å². The molecule has 1 atom stereocenters. The van der Waals surface area contributed by atoms with Crippen molar-refractivity contribution in [2.75, 3.05) is 5.73 Å². The molecule has 148 valence electrons. The van der Waals surface area contributed by atoms with Gasteiger partial charge in [-0.05, 0) is 19.1 Å². The lowest BCUT2D eigenvalue weighted by atomic mass is 9.89. The van der Waals surface area contributed by atoms with Gasteiger partial charge in [-0.2, -0.15) is 18.2 Å². The molecule has 2 heterocycles. The van der Waals surface area contributed by atoms with Gasteiger partial charge in [0.25, 0.3) is 11.8 Å². The fourth-order valence-electron chi connectivity index (χ4n) is 3.25. The maximum atomic E-state index is 14.6. The third-order valence-corrected chi connectivity index (χ3v) is 4.77. The average molecular weight is 402 g/mol. The number of hydrogen-bond donors (Lipinski definition) is 2. The minimum absolute atomic E-state index is 0.134. The van der Waals surface area contributed by atoms with E-state index in [-0.39, 0.29) is 17.0 Å². The molecule has 0 fully saturated rings. The summed E-state index contributed by atoms with van der Waals surface area (Å²) in [7, 11) is 0. The van der Waals surface area contributed by atoms with Gasteiger partial charge in [-0.15, -0.1) is 0 Å². The van der Waals surface area contributed by atoms with Crippen molar-refractivity contribution in [1.82, 2.24) is 15.3 Å². The molecule has 0 spiro atoms. The molecule has 1 amide bonds. The molecule has 1 aromatic heterocycles. The summed E-state index contributed by atoms with van der Waals surface area (Å²) in [5.41, 5.74) is 4.15. The predicted molar refractivity (Wildman–Crippen MR) is 98.1 cm³/mol. The zero-order valence-corrected chi connectivity index (χ0v) is 15.0. The zero-order chi connectivity index (χ0) is 20.9. The lowest BCUT2D eigenvalue weighted by Gasteiger charge is -2.32. The lowest BCUT2D eigenvalue weighted by Crippen LogP contribution is -2.49. The molecule has 9 heteroatoms. The molecule has 0 aliphatic carbocycles. The first-order valence-electron chi connectivity index (χ1n) is 8.61. The molecule has 0 radical (unpaired) electrons. The number of aromatic nitrogens is 2. The number of benzene rings is 2. The molecule has 3 N–H and O–H groups in total. The van der Waals surface area contributed by atoms with Gasteiger partial charge < -0.3 is 11.1 Å². The number of nitrogens with two attached hydrogens (primary N) is 1. The van der Waals surface area contributed by atoms with E-state index < -0.39 is 46.6 Å². The van der Waals surface area contributed by atoms with Crippen molar-refractivity contribution in [3.8, 4) is 22.5 Å². The standard InChI is InChI=1S/C20H14F4N4O/c1-9-20(23,24)12-7-11(8-13(21)14(12)19(29)26-9)16-18(25)28-17(22)15(27-16)10-5-3-2-4-6-10/h2-9H,1H3,(H2,25,28)(H,26,29). The first-order chi connectivity index (χ1) is 13.7. The molecule has 1 aliphatic rings. The first-order valence-corrected chi connectivity index (χ1v) is 8.61. The van der Waals surface area contributed by atoms with Crippen LogP contribution < -0.4 is 11.1 Å². The van der Waals surface area contributed by atoms with Crippen molar-refractivity contribution in [3.05, 3.63) is 65.4 Å². The van der Waals surface area contributed by atoms with Crippen molar-refractivity contribution >= 4 is 11.7 Å². The minimum Gasteiger partial charge on any atom is -0.382 e. The molecule has 4 rings (SSSR count). The number of alkyl halides is 2. The number of amides is 1. The molecule has 2 aromatic carbocycles. The molecule has 0 saturated carbocycles. The van der Waals surface area contributed by atoms with Gasteiger partial charge in [0.1, 0.15) is 17.2 Å². The normalized spacial score (nSPS) is 17.6. The van der Waals surface area contributed by atoms with Crippen molar-refractivity contribution in [3.63, 3.8) is 0 Å². The Bertz CT molecular complexity index is 1140. The summed E-state index contributed by atoms with van der Waals surface area (Å²) < 4.78 is 58.2. The van der Waals surface area contributed by atoms with E-state index in [1.54, 1.807) is 30.3 Å².